The predicted molar refractivity (Wildman–Crippen MR) is 118 cm³/mol. The number of ketones is 1. The standard InChI is InChI=1S/C24H28FNO7/c1-15(27)19-7-6-17(12-20(19)25)33-14-18-13-26(9-10-32-18)22(28)11-16-5-8-21(29-2)24(31-4)23(16)30-3/h5-8,12,18H,9-11,13-14H2,1-4H3. The number of amides is 1. The number of halogens is 1. The molecule has 0 radical (unpaired) electrons. The lowest BCUT2D eigenvalue weighted by Gasteiger charge is -2.33. The highest BCUT2D eigenvalue weighted by molar-refractivity contribution is 5.94. The van der Waals surface area contributed by atoms with Crippen molar-refractivity contribution >= 4 is 11.7 Å². The molecule has 178 valence electrons. The highest BCUT2D eigenvalue weighted by Crippen LogP contribution is 2.40. The molecule has 8 nitrogen and oxygen atoms in total. The monoisotopic (exact) mass is 461 g/mol. The van der Waals surface area contributed by atoms with E-state index in [2.05, 4.69) is 0 Å². The molecular formula is C24H28FNO7. The van der Waals surface area contributed by atoms with Crippen molar-refractivity contribution in [3.8, 4) is 23.0 Å². The average Bonchev–Trinajstić information content (AvgIpc) is 2.82. The summed E-state index contributed by atoms with van der Waals surface area (Å²) in [5, 5.41) is 0. The molecule has 1 aliphatic heterocycles. The molecule has 1 fully saturated rings. The van der Waals surface area contributed by atoms with Gasteiger partial charge in [-0.3, -0.25) is 9.59 Å². The number of ether oxygens (including phenoxy) is 5. The fourth-order valence-electron chi connectivity index (χ4n) is 3.68. The van der Waals surface area contributed by atoms with Gasteiger partial charge in [-0.2, -0.15) is 0 Å². The van der Waals surface area contributed by atoms with Crippen molar-refractivity contribution < 1.29 is 37.7 Å². The molecule has 1 saturated heterocycles. The number of rotatable bonds is 9. The molecule has 9 heteroatoms. The van der Waals surface area contributed by atoms with E-state index in [1.807, 2.05) is 0 Å². The van der Waals surface area contributed by atoms with Gasteiger partial charge >= 0.3 is 0 Å². The van der Waals surface area contributed by atoms with E-state index in [0.29, 0.717) is 48.3 Å². The highest BCUT2D eigenvalue weighted by atomic mass is 19.1. The molecule has 0 bridgehead atoms. The summed E-state index contributed by atoms with van der Waals surface area (Å²) in [5.41, 5.74) is 0.694. The predicted octanol–water partition coefficient (Wildman–Crippen LogP) is 2.90. The number of hydrogen-bond donors (Lipinski definition) is 0. The van der Waals surface area contributed by atoms with Crippen molar-refractivity contribution in [2.45, 2.75) is 19.4 Å². The topological polar surface area (TPSA) is 83.5 Å². The Bertz CT molecular complexity index is 1010. The molecule has 33 heavy (non-hydrogen) atoms. The van der Waals surface area contributed by atoms with Gasteiger partial charge in [0, 0.05) is 18.2 Å². The van der Waals surface area contributed by atoms with Crippen LogP contribution in [0.25, 0.3) is 0 Å². The van der Waals surface area contributed by atoms with Gasteiger partial charge in [0.15, 0.2) is 17.3 Å². The fourth-order valence-corrected chi connectivity index (χ4v) is 3.68. The summed E-state index contributed by atoms with van der Waals surface area (Å²) in [6.07, 6.45) is -0.250. The van der Waals surface area contributed by atoms with E-state index in [-0.39, 0.29) is 36.4 Å². The van der Waals surface area contributed by atoms with E-state index in [4.69, 9.17) is 23.7 Å². The third-order valence-corrected chi connectivity index (χ3v) is 5.37. The second-order valence-corrected chi connectivity index (χ2v) is 7.51. The van der Waals surface area contributed by atoms with Crippen LogP contribution in [0.1, 0.15) is 22.8 Å². The van der Waals surface area contributed by atoms with E-state index in [1.165, 1.54) is 46.5 Å². The van der Waals surface area contributed by atoms with E-state index in [0.717, 1.165) is 0 Å². The van der Waals surface area contributed by atoms with Crippen LogP contribution >= 0.6 is 0 Å². The second-order valence-electron chi connectivity index (χ2n) is 7.51. The van der Waals surface area contributed by atoms with Gasteiger partial charge in [0.25, 0.3) is 0 Å². The molecule has 1 unspecified atom stereocenters. The van der Waals surface area contributed by atoms with Crippen LogP contribution in [0.4, 0.5) is 4.39 Å². The maximum atomic E-state index is 14.0. The first-order valence-electron chi connectivity index (χ1n) is 10.5. The molecule has 2 aromatic rings. The summed E-state index contributed by atoms with van der Waals surface area (Å²) in [4.78, 5) is 26.0. The zero-order chi connectivity index (χ0) is 24.0. The molecule has 0 aromatic heterocycles. The van der Waals surface area contributed by atoms with Crippen LogP contribution in [-0.4, -0.2) is 70.3 Å². The molecule has 1 atom stereocenters. The summed E-state index contributed by atoms with van der Waals surface area (Å²) in [6, 6.07) is 7.61. The van der Waals surface area contributed by atoms with Crippen molar-refractivity contribution in [2.75, 3.05) is 47.6 Å². The molecule has 0 saturated carbocycles. The maximum Gasteiger partial charge on any atom is 0.227 e. The van der Waals surface area contributed by atoms with Gasteiger partial charge in [-0.25, -0.2) is 4.39 Å². The minimum absolute atomic E-state index is 0.0126. The number of carbonyl (C=O) groups excluding carboxylic acids is 2. The molecule has 3 rings (SSSR count). The van der Waals surface area contributed by atoms with Crippen molar-refractivity contribution in [3.63, 3.8) is 0 Å². The molecule has 0 spiro atoms. The average molecular weight is 461 g/mol. The Balaban J connectivity index is 1.62. The maximum absolute atomic E-state index is 14.0. The van der Waals surface area contributed by atoms with Gasteiger partial charge in [0.2, 0.25) is 11.7 Å². The minimum atomic E-state index is -0.634. The number of benzene rings is 2. The molecule has 1 aliphatic rings. The minimum Gasteiger partial charge on any atom is -0.493 e. The Morgan fingerprint density at radius 3 is 2.48 bits per heavy atom. The third kappa shape index (κ3) is 5.73. The van der Waals surface area contributed by atoms with Crippen LogP contribution in [0.15, 0.2) is 30.3 Å². The number of methoxy groups -OCH3 is 3. The summed E-state index contributed by atoms with van der Waals surface area (Å²) < 4.78 is 41.5. The van der Waals surface area contributed by atoms with Crippen molar-refractivity contribution in [1.82, 2.24) is 4.90 Å². The molecule has 1 heterocycles. The zero-order valence-electron chi connectivity index (χ0n) is 19.2. The number of nitrogens with zero attached hydrogens (tertiary/aromatic N) is 1. The molecule has 2 aromatic carbocycles. The van der Waals surface area contributed by atoms with Crippen LogP contribution in [0.3, 0.4) is 0 Å². The first-order chi connectivity index (χ1) is 15.9. The van der Waals surface area contributed by atoms with Gasteiger partial charge in [0.1, 0.15) is 24.3 Å². The van der Waals surface area contributed by atoms with Crippen LogP contribution in [0.2, 0.25) is 0 Å². The van der Waals surface area contributed by atoms with E-state index < -0.39 is 5.82 Å². The Morgan fingerprint density at radius 2 is 1.85 bits per heavy atom. The Morgan fingerprint density at radius 1 is 1.09 bits per heavy atom. The van der Waals surface area contributed by atoms with E-state index in [1.54, 1.807) is 17.0 Å². The summed E-state index contributed by atoms with van der Waals surface area (Å²) >= 11 is 0. The van der Waals surface area contributed by atoms with Crippen molar-refractivity contribution in [2.24, 2.45) is 0 Å². The SMILES string of the molecule is COc1ccc(CC(=O)N2CCOC(COc3ccc(C(C)=O)c(F)c3)C2)c(OC)c1OC. The van der Waals surface area contributed by atoms with Crippen molar-refractivity contribution in [3.05, 3.63) is 47.3 Å². The molecule has 1 amide bonds. The number of Topliss-reactive ketones (excluding diaryl/α,β-unsaturated/α-hetero) is 1. The molecule has 0 N–H and O–H groups in total. The third-order valence-electron chi connectivity index (χ3n) is 5.37. The first-order valence-corrected chi connectivity index (χ1v) is 10.5. The zero-order valence-corrected chi connectivity index (χ0v) is 19.2. The van der Waals surface area contributed by atoms with Crippen LogP contribution in [0.5, 0.6) is 23.0 Å². The first kappa shape index (κ1) is 24.3. The van der Waals surface area contributed by atoms with Gasteiger partial charge in [-0.1, -0.05) is 6.07 Å². The van der Waals surface area contributed by atoms with Crippen LogP contribution in [-0.2, 0) is 16.0 Å². The summed E-state index contributed by atoms with van der Waals surface area (Å²) in [5.74, 6) is 0.614. The fraction of sp³-hybridized carbons (Fsp3) is 0.417. The Hall–Kier alpha value is -3.33. The largest absolute Gasteiger partial charge is 0.493 e. The van der Waals surface area contributed by atoms with Gasteiger partial charge in [0.05, 0.1) is 46.5 Å². The van der Waals surface area contributed by atoms with Gasteiger partial charge < -0.3 is 28.6 Å². The lowest BCUT2D eigenvalue weighted by atomic mass is 10.1. The lowest BCUT2D eigenvalue weighted by Crippen LogP contribution is -2.48. The van der Waals surface area contributed by atoms with Crippen LogP contribution < -0.4 is 18.9 Å². The smallest absolute Gasteiger partial charge is 0.227 e. The Labute approximate surface area is 192 Å². The van der Waals surface area contributed by atoms with E-state index in [9.17, 15) is 14.0 Å². The highest BCUT2D eigenvalue weighted by Gasteiger charge is 2.26. The molecule has 0 aliphatic carbocycles. The normalized spacial score (nSPS) is 15.7. The number of carbonyl (C=O) groups is 2. The number of morpholine rings is 1. The van der Waals surface area contributed by atoms with Crippen molar-refractivity contribution in [1.29, 1.82) is 0 Å². The summed E-state index contributed by atoms with van der Waals surface area (Å²) in [7, 11) is 4.56. The summed E-state index contributed by atoms with van der Waals surface area (Å²) in [6.45, 7) is 2.59. The van der Waals surface area contributed by atoms with Gasteiger partial charge in [-0.05, 0) is 25.1 Å². The second kappa shape index (κ2) is 11.0. The number of hydrogen-bond acceptors (Lipinski definition) is 7. The van der Waals surface area contributed by atoms with E-state index >= 15 is 0 Å². The molecular weight excluding hydrogens is 433 g/mol. The van der Waals surface area contributed by atoms with Crippen LogP contribution in [0, 0.1) is 5.82 Å². The lowest BCUT2D eigenvalue weighted by molar-refractivity contribution is -0.139. The van der Waals surface area contributed by atoms with Gasteiger partial charge in [-0.15, -0.1) is 0 Å². The Kier molecular flexibility index (Phi) is 8.11. The quantitative estimate of drug-likeness (QED) is 0.531.